The van der Waals surface area contributed by atoms with Gasteiger partial charge in [-0.05, 0) is 0 Å². The van der Waals surface area contributed by atoms with Gasteiger partial charge in [0.25, 0.3) is 12.9 Å². The van der Waals surface area contributed by atoms with Gasteiger partial charge in [0.1, 0.15) is 0 Å². The van der Waals surface area contributed by atoms with Crippen molar-refractivity contribution >= 4 is 11.6 Å². The van der Waals surface area contributed by atoms with Crippen LogP contribution in [0.5, 0.6) is 0 Å². The number of rotatable bonds is 2. The molecule has 7 heteroatoms. The summed E-state index contributed by atoms with van der Waals surface area (Å²) in [6.07, 6.45) is -4.69. The Balaban J connectivity index is -0.000000107. The summed E-state index contributed by atoms with van der Waals surface area (Å²) in [5.41, 5.74) is 4.42. The van der Waals surface area contributed by atoms with Crippen molar-refractivity contribution in [1.82, 2.24) is 6.15 Å². The Kier molecular flexibility index (Phi) is 19.6. The molecule has 11 heavy (non-hydrogen) atoms. The van der Waals surface area contributed by atoms with E-state index in [0.717, 1.165) is 0 Å². The van der Waals surface area contributed by atoms with E-state index in [0.29, 0.717) is 0 Å². The molecule has 0 bridgehead atoms. The lowest BCUT2D eigenvalue weighted by molar-refractivity contribution is 0.158. The highest BCUT2D eigenvalue weighted by atomic mass is 35.5. The van der Waals surface area contributed by atoms with Crippen molar-refractivity contribution in [3.8, 4) is 0 Å². The molecule has 0 aliphatic heterocycles. The van der Waals surface area contributed by atoms with Crippen molar-refractivity contribution in [2.75, 3.05) is 12.4 Å². The second kappa shape index (κ2) is 12.6. The zero-order valence-corrected chi connectivity index (χ0v) is 6.50. The van der Waals surface area contributed by atoms with E-state index in [2.05, 4.69) is 17.3 Å². The van der Waals surface area contributed by atoms with E-state index >= 15 is 0 Å². The molecule has 0 aromatic carbocycles. The Morgan fingerprint density at radius 3 is 1.27 bits per heavy atom. The summed E-state index contributed by atoms with van der Waals surface area (Å²) in [6.45, 7) is -0.528. The summed E-state index contributed by atoms with van der Waals surface area (Å²) in [5, 5.41) is 0. The number of alkyl halides is 5. The van der Waals surface area contributed by atoms with Crippen LogP contribution in [0.15, 0.2) is 0 Å². The summed E-state index contributed by atoms with van der Waals surface area (Å²) in [6, 6.07) is 0. The fraction of sp³-hybridized carbons (Fsp3) is 1.00. The maximum absolute atomic E-state index is 10.6. The van der Waals surface area contributed by atoms with Crippen LogP contribution in [-0.2, 0) is 0 Å². The molecule has 0 saturated carbocycles. The van der Waals surface area contributed by atoms with Crippen molar-refractivity contribution < 1.29 is 17.6 Å². The van der Waals surface area contributed by atoms with Gasteiger partial charge in [0, 0.05) is 0 Å². The zero-order chi connectivity index (χ0) is 8.57. The summed E-state index contributed by atoms with van der Waals surface area (Å²) >= 11 is 4.59. The van der Waals surface area contributed by atoms with Gasteiger partial charge in [0.2, 0.25) is 0 Å². The van der Waals surface area contributed by atoms with Crippen LogP contribution in [-0.4, -0.2) is 25.3 Å². The number of nitrogens with two attached hydrogens (primary N) is 1. The molecule has 0 heterocycles. The van der Waals surface area contributed by atoms with E-state index in [-0.39, 0.29) is 6.15 Å². The van der Waals surface area contributed by atoms with Crippen LogP contribution in [0.3, 0.4) is 0 Å². The minimum Gasteiger partial charge on any atom is -0.344 e. The minimum absolute atomic E-state index is 0. The highest BCUT2D eigenvalue weighted by molar-refractivity contribution is 6.18. The van der Waals surface area contributed by atoms with Crippen molar-refractivity contribution in [3.05, 3.63) is 0 Å². The first-order valence-corrected chi connectivity index (χ1v) is 2.90. The monoisotopic (exact) mass is 198 g/mol. The topological polar surface area (TPSA) is 61.0 Å². The summed E-state index contributed by atoms with van der Waals surface area (Å²) in [7, 11) is 0. The first-order valence-electron chi connectivity index (χ1n) is 2.36. The van der Waals surface area contributed by atoms with E-state index in [4.69, 9.17) is 0 Å². The Morgan fingerprint density at radius 2 is 1.27 bits per heavy atom. The number of hydrogen-bond acceptors (Lipinski definition) is 2. The lowest BCUT2D eigenvalue weighted by atomic mass is 10.7. The highest BCUT2D eigenvalue weighted by Gasteiger charge is 1.93. The van der Waals surface area contributed by atoms with Gasteiger partial charge < -0.3 is 11.9 Å². The van der Waals surface area contributed by atoms with Gasteiger partial charge in [0.15, 0.2) is 0 Å². The lowest BCUT2D eigenvalue weighted by Crippen LogP contribution is -2.08. The Hall–Kier alpha value is -0.0700. The van der Waals surface area contributed by atoms with Crippen LogP contribution in [0.2, 0.25) is 0 Å². The van der Waals surface area contributed by atoms with Crippen LogP contribution in [0.25, 0.3) is 0 Å². The van der Waals surface area contributed by atoms with Gasteiger partial charge in [0.05, 0.1) is 12.4 Å². The number of halogens is 5. The molecule has 0 spiro atoms. The van der Waals surface area contributed by atoms with E-state index in [1.165, 1.54) is 0 Å². The molecule has 0 amide bonds. The molecule has 0 aliphatic rings. The first-order chi connectivity index (χ1) is 4.54. The third-order valence-corrected chi connectivity index (χ3v) is 0.528. The molecule has 0 unspecified atom stereocenters. The molecule has 0 atom stereocenters. The van der Waals surface area contributed by atoms with Crippen LogP contribution < -0.4 is 11.9 Å². The van der Waals surface area contributed by atoms with Gasteiger partial charge in [-0.2, -0.15) is 0 Å². The van der Waals surface area contributed by atoms with E-state index in [9.17, 15) is 17.6 Å². The summed E-state index contributed by atoms with van der Waals surface area (Å²) in [4.78, 5) is 0. The van der Waals surface area contributed by atoms with Crippen LogP contribution in [0.1, 0.15) is 0 Å². The van der Waals surface area contributed by atoms with Gasteiger partial charge in [-0.1, -0.05) is 0 Å². The minimum atomic E-state index is -2.35. The Bertz CT molecular complexity index is 56.1. The molecule has 0 aromatic rings. The van der Waals surface area contributed by atoms with E-state index in [1.807, 2.05) is 0 Å². The quantitative estimate of drug-likeness (QED) is 0.526. The van der Waals surface area contributed by atoms with Crippen LogP contribution in [0, 0.1) is 0 Å². The maximum atomic E-state index is 10.6. The van der Waals surface area contributed by atoms with Crippen LogP contribution >= 0.6 is 11.6 Å². The van der Waals surface area contributed by atoms with Gasteiger partial charge in [-0.15, -0.1) is 11.6 Å². The standard InChI is InChI=1S/C2H3ClF2.C2H5F2N.H3N/c3-1-2(4)5;3-2(4)1-5;/h2H,1H2;2H,1,5H2;1H3. The molecule has 5 N–H and O–H groups in total. The van der Waals surface area contributed by atoms with Gasteiger partial charge in [-0.25, -0.2) is 17.6 Å². The van der Waals surface area contributed by atoms with Gasteiger partial charge in [-0.3, -0.25) is 0 Å². The Morgan fingerprint density at radius 1 is 1.09 bits per heavy atom. The SMILES string of the molecule is FC(F)CCl.N.NCC(F)F. The summed E-state index contributed by atoms with van der Waals surface area (Å²) in [5.74, 6) is -0.556. The maximum Gasteiger partial charge on any atom is 0.251 e. The van der Waals surface area contributed by atoms with Crippen LogP contribution in [0.4, 0.5) is 17.6 Å². The molecule has 72 valence electrons. The predicted molar refractivity (Wildman–Crippen MR) is 36.8 cm³/mol. The predicted octanol–water partition coefficient (Wildman–Crippen LogP) is 1.86. The number of hydrogen-bond donors (Lipinski definition) is 2. The molecule has 0 rings (SSSR count). The van der Waals surface area contributed by atoms with E-state index in [1.54, 1.807) is 0 Å². The zero-order valence-electron chi connectivity index (χ0n) is 5.74. The normalized spacial score (nSPS) is 8.73. The second-order valence-corrected chi connectivity index (χ2v) is 1.48. The van der Waals surface area contributed by atoms with Crippen molar-refractivity contribution in [2.45, 2.75) is 12.9 Å². The molecule has 0 saturated heterocycles. The fourth-order valence-electron chi connectivity index (χ4n) is 0. The van der Waals surface area contributed by atoms with Crippen molar-refractivity contribution in [2.24, 2.45) is 5.73 Å². The largest absolute Gasteiger partial charge is 0.344 e. The van der Waals surface area contributed by atoms with Gasteiger partial charge >= 0.3 is 0 Å². The molecular weight excluding hydrogens is 188 g/mol. The average Bonchev–Trinajstić information content (AvgIpc) is 1.89. The van der Waals surface area contributed by atoms with E-state index < -0.39 is 25.3 Å². The Labute approximate surface area is 67.3 Å². The fourth-order valence-corrected chi connectivity index (χ4v) is 0. The smallest absolute Gasteiger partial charge is 0.251 e. The second-order valence-electron chi connectivity index (χ2n) is 1.17. The summed E-state index contributed by atoms with van der Waals surface area (Å²) < 4.78 is 42.5. The van der Waals surface area contributed by atoms with Crippen molar-refractivity contribution in [1.29, 1.82) is 0 Å². The highest BCUT2D eigenvalue weighted by Crippen LogP contribution is 1.91. The lowest BCUT2D eigenvalue weighted by Gasteiger charge is -1.82. The first kappa shape index (κ1) is 17.1. The third kappa shape index (κ3) is 40.4. The molecule has 2 nitrogen and oxygen atoms in total. The molecule has 0 aliphatic carbocycles. The van der Waals surface area contributed by atoms with Crippen molar-refractivity contribution in [3.63, 3.8) is 0 Å². The third-order valence-electron chi connectivity index (χ3n) is 0.295. The molecule has 0 aromatic heterocycles. The molecular formula is C4H11ClF4N2. The average molecular weight is 199 g/mol. The molecule has 0 radical (unpaired) electrons. The molecule has 0 fully saturated rings.